The van der Waals surface area contributed by atoms with E-state index in [-0.39, 0.29) is 6.09 Å². The van der Waals surface area contributed by atoms with E-state index in [1.165, 1.54) is 0 Å². The summed E-state index contributed by atoms with van der Waals surface area (Å²) < 4.78 is 10.6. The fourth-order valence-electron chi connectivity index (χ4n) is 1.37. The molecule has 1 atom stereocenters. The molecular weight excluding hydrogens is 196 g/mol. The molecule has 1 aliphatic heterocycles. The average Bonchev–Trinajstić information content (AvgIpc) is 1.99. The van der Waals surface area contributed by atoms with Crippen LogP contribution in [0.2, 0.25) is 0 Å². The van der Waals surface area contributed by atoms with Gasteiger partial charge in [0.25, 0.3) is 0 Å². The first-order valence-electron chi connectivity index (χ1n) is 5.10. The molecule has 0 radical (unpaired) electrons. The van der Waals surface area contributed by atoms with Crippen molar-refractivity contribution in [2.45, 2.75) is 39.0 Å². The topological polar surface area (TPSA) is 64.8 Å². The van der Waals surface area contributed by atoms with Gasteiger partial charge in [-0.1, -0.05) is 0 Å². The van der Waals surface area contributed by atoms with Crippen LogP contribution in [-0.4, -0.2) is 42.0 Å². The number of ether oxygens (including phenoxy) is 2. The first-order valence-corrected chi connectivity index (χ1v) is 5.10. The van der Waals surface area contributed by atoms with Crippen LogP contribution in [0.15, 0.2) is 0 Å². The molecule has 2 N–H and O–H groups in total. The number of amides is 1. The maximum Gasteiger partial charge on any atom is 0.410 e. The highest BCUT2D eigenvalue weighted by Gasteiger charge is 2.32. The minimum absolute atomic E-state index is 0.331. The Morgan fingerprint density at radius 3 is 2.60 bits per heavy atom. The van der Waals surface area contributed by atoms with E-state index < -0.39 is 11.3 Å². The summed E-state index contributed by atoms with van der Waals surface area (Å²) in [5.41, 5.74) is 4.56. The van der Waals surface area contributed by atoms with Crippen molar-refractivity contribution in [3.05, 3.63) is 0 Å². The van der Waals surface area contributed by atoms with Crippen molar-refractivity contribution in [2.24, 2.45) is 5.73 Å². The Bertz CT molecular complexity index is 246. The molecule has 1 aliphatic rings. The first-order chi connectivity index (χ1) is 6.70. The number of hydrogen-bond donors (Lipinski definition) is 1. The molecule has 0 aromatic carbocycles. The molecule has 1 saturated heterocycles. The van der Waals surface area contributed by atoms with E-state index in [4.69, 9.17) is 15.2 Å². The van der Waals surface area contributed by atoms with Gasteiger partial charge in [-0.15, -0.1) is 0 Å². The van der Waals surface area contributed by atoms with Crippen LogP contribution < -0.4 is 5.73 Å². The second kappa shape index (κ2) is 3.98. The second-order valence-corrected chi connectivity index (χ2v) is 5.06. The zero-order chi connectivity index (χ0) is 11.7. The Morgan fingerprint density at radius 2 is 2.13 bits per heavy atom. The van der Waals surface area contributed by atoms with Crippen LogP contribution in [0.3, 0.4) is 0 Å². The summed E-state index contributed by atoms with van der Waals surface area (Å²) >= 11 is 0. The molecule has 1 heterocycles. The van der Waals surface area contributed by atoms with Gasteiger partial charge in [-0.05, 0) is 27.7 Å². The number of nitrogens with zero attached hydrogens (tertiary/aromatic N) is 1. The normalized spacial score (nSPS) is 27.7. The van der Waals surface area contributed by atoms with Crippen LogP contribution >= 0.6 is 0 Å². The zero-order valence-electron chi connectivity index (χ0n) is 9.87. The molecular formula is C10H20N2O3. The van der Waals surface area contributed by atoms with Gasteiger partial charge in [0, 0.05) is 6.54 Å². The van der Waals surface area contributed by atoms with Crippen molar-refractivity contribution in [3.8, 4) is 0 Å². The first kappa shape index (κ1) is 12.3. The van der Waals surface area contributed by atoms with E-state index in [0.29, 0.717) is 19.7 Å². The summed E-state index contributed by atoms with van der Waals surface area (Å²) in [5.74, 6) is 0. The second-order valence-electron chi connectivity index (χ2n) is 5.06. The van der Waals surface area contributed by atoms with Crippen LogP contribution in [0.25, 0.3) is 0 Å². The predicted octanol–water partition coefficient (Wildman–Crippen LogP) is 0.929. The number of rotatable bonds is 0. The molecule has 5 nitrogen and oxygen atoms in total. The quantitative estimate of drug-likeness (QED) is 0.654. The van der Waals surface area contributed by atoms with E-state index >= 15 is 0 Å². The molecule has 1 amide bonds. The maximum absolute atomic E-state index is 11.7. The summed E-state index contributed by atoms with van der Waals surface area (Å²) in [6.45, 7) is 8.62. The van der Waals surface area contributed by atoms with E-state index in [9.17, 15) is 4.79 Å². The number of carbonyl (C=O) groups is 1. The molecule has 0 spiro atoms. The number of hydrogen-bond acceptors (Lipinski definition) is 4. The maximum atomic E-state index is 11.7. The molecule has 0 aliphatic carbocycles. The highest BCUT2D eigenvalue weighted by atomic mass is 16.6. The molecule has 0 saturated carbocycles. The Hall–Kier alpha value is -0.810. The lowest BCUT2D eigenvalue weighted by molar-refractivity contribution is -0.0946. The van der Waals surface area contributed by atoms with E-state index in [1.54, 1.807) is 11.8 Å². The third-order valence-electron chi connectivity index (χ3n) is 1.95. The van der Waals surface area contributed by atoms with Gasteiger partial charge < -0.3 is 20.1 Å². The van der Waals surface area contributed by atoms with Gasteiger partial charge >= 0.3 is 6.09 Å². The largest absolute Gasteiger partial charge is 0.444 e. The molecule has 1 rings (SSSR count). The van der Waals surface area contributed by atoms with Crippen LogP contribution in [0.1, 0.15) is 27.7 Å². The Labute approximate surface area is 90.5 Å². The molecule has 0 aromatic rings. The molecule has 0 aromatic heterocycles. The van der Waals surface area contributed by atoms with Gasteiger partial charge in [0.15, 0.2) is 0 Å². The molecule has 0 bridgehead atoms. The third-order valence-corrected chi connectivity index (χ3v) is 1.95. The van der Waals surface area contributed by atoms with Gasteiger partial charge in [-0.25, -0.2) is 4.79 Å². The van der Waals surface area contributed by atoms with Crippen molar-refractivity contribution in [1.29, 1.82) is 0 Å². The number of nitrogens with two attached hydrogens (primary N) is 1. The van der Waals surface area contributed by atoms with E-state index in [0.717, 1.165) is 0 Å². The van der Waals surface area contributed by atoms with Crippen LogP contribution in [0.4, 0.5) is 4.79 Å². The molecule has 5 heteroatoms. The Kier molecular flexibility index (Phi) is 3.25. The van der Waals surface area contributed by atoms with Crippen LogP contribution in [0, 0.1) is 0 Å². The summed E-state index contributed by atoms with van der Waals surface area (Å²) in [5, 5.41) is 0. The number of morpholine rings is 1. The fraction of sp³-hybridized carbons (Fsp3) is 0.900. The van der Waals surface area contributed by atoms with E-state index in [1.807, 2.05) is 20.8 Å². The highest BCUT2D eigenvalue weighted by molar-refractivity contribution is 5.68. The highest BCUT2D eigenvalue weighted by Crippen LogP contribution is 2.15. The summed E-state index contributed by atoms with van der Waals surface area (Å²) in [4.78, 5) is 13.3. The lowest BCUT2D eigenvalue weighted by atomic mass is 10.2. The summed E-state index contributed by atoms with van der Waals surface area (Å²) in [6, 6.07) is 0. The lowest BCUT2D eigenvalue weighted by Crippen LogP contribution is -2.57. The summed E-state index contributed by atoms with van der Waals surface area (Å²) in [6.07, 6.45) is -0.331. The smallest absolute Gasteiger partial charge is 0.410 e. The van der Waals surface area contributed by atoms with Crippen LogP contribution in [0.5, 0.6) is 0 Å². The zero-order valence-corrected chi connectivity index (χ0v) is 9.87. The standard InChI is InChI=1S/C10H20N2O3/c1-9(2,3)15-8(13)12-5-6-14-10(4,11)7-12/h5-7,11H2,1-4H3. The molecule has 15 heavy (non-hydrogen) atoms. The number of carbonyl (C=O) groups excluding carboxylic acids is 1. The average molecular weight is 216 g/mol. The van der Waals surface area contributed by atoms with Crippen molar-refractivity contribution in [3.63, 3.8) is 0 Å². The predicted molar refractivity (Wildman–Crippen MR) is 56.4 cm³/mol. The van der Waals surface area contributed by atoms with Gasteiger partial charge in [0.2, 0.25) is 0 Å². The van der Waals surface area contributed by atoms with Crippen molar-refractivity contribution < 1.29 is 14.3 Å². The minimum atomic E-state index is -0.769. The summed E-state index contributed by atoms with van der Waals surface area (Å²) in [7, 11) is 0. The lowest BCUT2D eigenvalue weighted by Gasteiger charge is -2.38. The minimum Gasteiger partial charge on any atom is -0.444 e. The third kappa shape index (κ3) is 4.05. The monoisotopic (exact) mass is 216 g/mol. The van der Waals surface area contributed by atoms with Crippen molar-refractivity contribution >= 4 is 6.09 Å². The van der Waals surface area contributed by atoms with Crippen molar-refractivity contribution in [2.75, 3.05) is 19.7 Å². The Balaban J connectivity index is 2.53. The van der Waals surface area contributed by atoms with Crippen LogP contribution in [-0.2, 0) is 9.47 Å². The molecule has 88 valence electrons. The van der Waals surface area contributed by atoms with Crippen molar-refractivity contribution in [1.82, 2.24) is 4.90 Å². The van der Waals surface area contributed by atoms with Gasteiger partial charge in [0.1, 0.15) is 11.3 Å². The van der Waals surface area contributed by atoms with Gasteiger partial charge in [-0.3, -0.25) is 0 Å². The molecule has 1 fully saturated rings. The fourth-order valence-corrected chi connectivity index (χ4v) is 1.37. The SMILES string of the molecule is CC(C)(C)OC(=O)N1CCOC(C)(N)C1. The Morgan fingerprint density at radius 1 is 1.53 bits per heavy atom. The van der Waals surface area contributed by atoms with E-state index in [2.05, 4.69) is 0 Å². The van der Waals surface area contributed by atoms with Gasteiger partial charge in [-0.2, -0.15) is 0 Å². The molecule has 1 unspecified atom stereocenters. The van der Waals surface area contributed by atoms with Gasteiger partial charge in [0.05, 0.1) is 13.2 Å².